The molecule has 0 saturated carbocycles. The summed E-state index contributed by atoms with van der Waals surface area (Å²) in [5.41, 5.74) is -0.278. The molecule has 11 heteroatoms. The number of rotatable bonds is 7. The van der Waals surface area contributed by atoms with Crippen LogP contribution in [0.1, 0.15) is 30.0 Å². The van der Waals surface area contributed by atoms with E-state index in [4.69, 9.17) is 9.47 Å². The first-order valence-electron chi connectivity index (χ1n) is 7.60. The maximum Gasteiger partial charge on any atom is 0.360 e. The number of ether oxygens (including phenoxy) is 2. The first-order chi connectivity index (χ1) is 12.4. The van der Waals surface area contributed by atoms with E-state index in [-0.39, 0.29) is 42.4 Å². The Morgan fingerprint density at radius 2 is 1.96 bits per heavy atom. The molecular weight excluding hydrogens is 459 g/mol. The molecule has 0 bridgehead atoms. The molecule has 0 aliphatic heterocycles. The van der Waals surface area contributed by atoms with Crippen molar-refractivity contribution >= 4 is 40.2 Å². The quantitative estimate of drug-likeness (QED) is 0.258. The second-order valence-corrected chi connectivity index (χ2v) is 6.13. The van der Waals surface area contributed by atoms with E-state index in [0.29, 0.717) is 3.57 Å². The molecule has 1 heterocycles. The topological polar surface area (TPSA) is 126 Å². The van der Waals surface area contributed by atoms with E-state index in [1.54, 1.807) is 19.9 Å². The zero-order valence-electron chi connectivity index (χ0n) is 14.0. The summed E-state index contributed by atoms with van der Waals surface area (Å²) in [4.78, 5) is 34.8. The van der Waals surface area contributed by atoms with E-state index < -0.39 is 16.9 Å². The van der Waals surface area contributed by atoms with Gasteiger partial charge in [0, 0.05) is 9.64 Å². The fourth-order valence-electron chi connectivity index (χ4n) is 2.18. The highest BCUT2D eigenvalue weighted by molar-refractivity contribution is 14.1. The molecule has 0 saturated heterocycles. The van der Waals surface area contributed by atoms with Gasteiger partial charge in [-0.15, -0.1) is 5.10 Å². The van der Waals surface area contributed by atoms with Crippen LogP contribution in [-0.2, 0) is 20.7 Å². The number of nitrogens with zero attached hydrogens (tertiary/aromatic N) is 4. The van der Waals surface area contributed by atoms with Gasteiger partial charge in [-0.1, -0.05) is 5.21 Å². The molecule has 1 aromatic heterocycles. The average Bonchev–Trinajstić information content (AvgIpc) is 2.98. The highest BCUT2D eigenvalue weighted by Gasteiger charge is 2.27. The number of halogens is 1. The summed E-state index contributed by atoms with van der Waals surface area (Å²) in [5, 5.41) is 18.9. The van der Waals surface area contributed by atoms with Gasteiger partial charge in [-0.3, -0.25) is 14.9 Å². The SMILES string of the molecule is CCOC(=O)Cc1c(C(=O)OCC)nnn1-c1cc(I)ccc1[N+](=O)[O-]. The Bertz CT molecular complexity index is 851. The van der Waals surface area contributed by atoms with Crippen molar-refractivity contribution in [3.63, 3.8) is 0 Å². The van der Waals surface area contributed by atoms with Crippen molar-refractivity contribution in [2.24, 2.45) is 0 Å². The van der Waals surface area contributed by atoms with Crippen LogP contribution in [-0.4, -0.2) is 45.1 Å². The molecule has 0 unspecified atom stereocenters. The van der Waals surface area contributed by atoms with Crippen molar-refractivity contribution in [3.05, 3.63) is 43.3 Å². The average molecular weight is 474 g/mol. The van der Waals surface area contributed by atoms with Crippen LogP contribution < -0.4 is 0 Å². The number of nitro groups is 1. The Morgan fingerprint density at radius 3 is 2.58 bits per heavy atom. The molecule has 1 aromatic carbocycles. The largest absolute Gasteiger partial charge is 0.466 e. The highest BCUT2D eigenvalue weighted by atomic mass is 127. The van der Waals surface area contributed by atoms with Crippen LogP contribution in [0, 0.1) is 13.7 Å². The van der Waals surface area contributed by atoms with Gasteiger partial charge in [0.25, 0.3) is 5.69 Å². The van der Waals surface area contributed by atoms with Gasteiger partial charge in [-0.25, -0.2) is 9.48 Å². The number of hydrogen-bond donors (Lipinski definition) is 0. The Morgan fingerprint density at radius 1 is 1.27 bits per heavy atom. The first kappa shape index (κ1) is 19.8. The molecular formula is C15H15IN4O6. The second kappa shape index (κ2) is 8.69. The predicted octanol–water partition coefficient (Wildman–Crippen LogP) is 2.06. The number of carbonyl (C=O) groups is 2. The van der Waals surface area contributed by atoms with Crippen LogP contribution in [0.3, 0.4) is 0 Å². The molecule has 0 amide bonds. The maximum absolute atomic E-state index is 12.1. The van der Waals surface area contributed by atoms with Crippen LogP contribution >= 0.6 is 22.6 Å². The van der Waals surface area contributed by atoms with Crippen molar-refractivity contribution in [1.29, 1.82) is 0 Å². The van der Waals surface area contributed by atoms with Crippen LogP contribution in [0.15, 0.2) is 18.2 Å². The molecule has 0 atom stereocenters. The fourth-order valence-corrected chi connectivity index (χ4v) is 2.66. The van der Waals surface area contributed by atoms with Crippen molar-refractivity contribution in [2.45, 2.75) is 20.3 Å². The summed E-state index contributed by atoms with van der Waals surface area (Å²) in [6, 6.07) is 4.39. The molecule has 10 nitrogen and oxygen atoms in total. The molecule has 0 N–H and O–H groups in total. The molecule has 0 aliphatic rings. The van der Waals surface area contributed by atoms with E-state index in [0.717, 1.165) is 4.68 Å². The first-order valence-corrected chi connectivity index (χ1v) is 8.68. The third kappa shape index (κ3) is 4.33. The lowest BCUT2D eigenvalue weighted by Crippen LogP contribution is -2.16. The van der Waals surface area contributed by atoms with Crippen LogP contribution in [0.5, 0.6) is 0 Å². The highest BCUT2D eigenvalue weighted by Crippen LogP contribution is 2.26. The monoisotopic (exact) mass is 474 g/mol. The fraction of sp³-hybridized carbons (Fsp3) is 0.333. The van der Waals surface area contributed by atoms with E-state index in [2.05, 4.69) is 10.3 Å². The number of hydrogen-bond acceptors (Lipinski definition) is 8. The summed E-state index contributed by atoms with van der Waals surface area (Å²) in [7, 11) is 0. The molecule has 138 valence electrons. The summed E-state index contributed by atoms with van der Waals surface area (Å²) >= 11 is 1.99. The minimum atomic E-state index is -0.772. The van der Waals surface area contributed by atoms with E-state index in [9.17, 15) is 19.7 Å². The van der Waals surface area contributed by atoms with Gasteiger partial charge in [0.05, 0.1) is 30.3 Å². The normalized spacial score (nSPS) is 10.4. The number of benzene rings is 1. The second-order valence-electron chi connectivity index (χ2n) is 4.89. The lowest BCUT2D eigenvalue weighted by molar-refractivity contribution is -0.384. The number of carbonyl (C=O) groups excluding carboxylic acids is 2. The lowest BCUT2D eigenvalue weighted by atomic mass is 10.2. The van der Waals surface area contributed by atoms with Gasteiger partial charge in [-0.2, -0.15) is 0 Å². The zero-order valence-corrected chi connectivity index (χ0v) is 16.1. The maximum atomic E-state index is 12.1. The summed E-state index contributed by atoms with van der Waals surface area (Å²) in [6.07, 6.45) is -0.336. The molecule has 0 aliphatic carbocycles. The van der Waals surface area contributed by atoms with Crippen LogP contribution in [0.4, 0.5) is 5.69 Å². The summed E-state index contributed by atoms with van der Waals surface area (Å²) < 4.78 is 11.6. The van der Waals surface area contributed by atoms with Crippen molar-refractivity contribution in [2.75, 3.05) is 13.2 Å². The molecule has 2 rings (SSSR count). The van der Waals surface area contributed by atoms with E-state index >= 15 is 0 Å². The van der Waals surface area contributed by atoms with Crippen LogP contribution in [0.2, 0.25) is 0 Å². The van der Waals surface area contributed by atoms with Crippen molar-refractivity contribution < 1.29 is 24.0 Å². The van der Waals surface area contributed by atoms with Crippen molar-refractivity contribution in [1.82, 2.24) is 15.0 Å². The van der Waals surface area contributed by atoms with Gasteiger partial charge in [-0.05, 0) is 48.6 Å². The van der Waals surface area contributed by atoms with Gasteiger partial charge < -0.3 is 9.47 Å². The lowest BCUT2D eigenvalue weighted by Gasteiger charge is -2.09. The number of esters is 2. The standard InChI is InChI=1S/C15H15IN4O6/c1-3-25-13(21)8-12-14(15(22)26-4-2)17-18-19(12)11-7-9(16)5-6-10(11)20(23)24/h5-7H,3-4,8H2,1-2H3. The Labute approximate surface area is 161 Å². The smallest absolute Gasteiger partial charge is 0.360 e. The minimum absolute atomic E-state index is 0.0620. The molecule has 0 fully saturated rings. The van der Waals surface area contributed by atoms with Crippen molar-refractivity contribution in [3.8, 4) is 5.69 Å². The zero-order chi connectivity index (χ0) is 19.3. The van der Waals surface area contributed by atoms with Gasteiger partial charge in [0.1, 0.15) is 5.69 Å². The summed E-state index contributed by atoms with van der Waals surface area (Å²) in [5.74, 6) is -1.39. The number of nitro benzene ring substituents is 1. The van der Waals surface area contributed by atoms with Crippen LogP contribution in [0.25, 0.3) is 5.69 Å². The Hall–Kier alpha value is -2.57. The third-order valence-electron chi connectivity index (χ3n) is 3.21. The van der Waals surface area contributed by atoms with E-state index in [1.807, 2.05) is 22.6 Å². The molecule has 26 heavy (non-hydrogen) atoms. The number of aromatic nitrogens is 3. The Balaban J connectivity index is 2.62. The summed E-state index contributed by atoms with van der Waals surface area (Å²) in [6.45, 7) is 3.52. The predicted molar refractivity (Wildman–Crippen MR) is 97.0 cm³/mol. The Kier molecular flexibility index (Phi) is 6.60. The third-order valence-corrected chi connectivity index (χ3v) is 3.88. The molecule has 0 spiro atoms. The molecule has 0 radical (unpaired) electrons. The minimum Gasteiger partial charge on any atom is -0.466 e. The van der Waals surface area contributed by atoms with Gasteiger partial charge in [0.15, 0.2) is 5.69 Å². The molecule has 2 aromatic rings. The van der Waals surface area contributed by atoms with Gasteiger partial charge >= 0.3 is 11.9 Å². The van der Waals surface area contributed by atoms with Gasteiger partial charge in [0.2, 0.25) is 0 Å². The van der Waals surface area contributed by atoms with E-state index in [1.165, 1.54) is 12.1 Å².